The molecule has 2 rings (SSSR count). The molecule has 1 aliphatic rings. The van der Waals surface area contributed by atoms with Gasteiger partial charge in [0.2, 0.25) is 5.91 Å². The van der Waals surface area contributed by atoms with Gasteiger partial charge in [-0.05, 0) is 50.3 Å². The monoisotopic (exact) mass is 250 g/mol. The van der Waals surface area contributed by atoms with Crippen LogP contribution in [0.2, 0.25) is 0 Å². The summed E-state index contributed by atoms with van der Waals surface area (Å²) in [7, 11) is 0. The highest BCUT2D eigenvalue weighted by Crippen LogP contribution is 2.37. The Morgan fingerprint density at radius 2 is 1.89 bits per heavy atom. The van der Waals surface area contributed by atoms with Gasteiger partial charge in [-0.2, -0.15) is 0 Å². The van der Waals surface area contributed by atoms with E-state index in [0.29, 0.717) is 12.0 Å². The van der Waals surface area contributed by atoms with E-state index in [9.17, 15) is 9.18 Å². The normalized spacial score (nSPS) is 23.5. The summed E-state index contributed by atoms with van der Waals surface area (Å²) in [4.78, 5) is 11.2. The summed E-state index contributed by atoms with van der Waals surface area (Å²) in [6.07, 6.45) is 1.92. The predicted octanol–water partition coefficient (Wildman–Crippen LogP) is 1.93. The highest BCUT2D eigenvalue weighted by Gasteiger charge is 2.36. The molecule has 0 atom stereocenters. The number of nitrogens with two attached hydrogens (primary N) is 1. The van der Waals surface area contributed by atoms with Crippen molar-refractivity contribution in [2.75, 3.05) is 0 Å². The fourth-order valence-corrected chi connectivity index (χ4v) is 2.32. The summed E-state index contributed by atoms with van der Waals surface area (Å²) >= 11 is 0. The first-order chi connectivity index (χ1) is 8.38. The van der Waals surface area contributed by atoms with Gasteiger partial charge in [-0.3, -0.25) is 4.79 Å². The molecule has 0 saturated heterocycles. The molecular weight excluding hydrogens is 231 g/mol. The topological polar surface area (TPSA) is 55.1 Å². The molecule has 1 aliphatic carbocycles. The Hall–Kier alpha value is -1.42. The first kappa shape index (κ1) is 13.0. The number of carbonyl (C=O) groups is 1. The molecule has 1 aromatic carbocycles. The number of primary amides is 1. The maximum absolute atomic E-state index is 12.8. The lowest BCUT2D eigenvalue weighted by Gasteiger charge is -2.40. The molecule has 0 aliphatic heterocycles. The number of rotatable bonds is 4. The fourth-order valence-electron chi connectivity index (χ4n) is 2.32. The van der Waals surface area contributed by atoms with E-state index in [4.69, 9.17) is 5.73 Å². The van der Waals surface area contributed by atoms with Crippen LogP contribution in [0.4, 0.5) is 4.39 Å². The third kappa shape index (κ3) is 2.70. The molecule has 1 saturated carbocycles. The van der Waals surface area contributed by atoms with Gasteiger partial charge in [0.15, 0.2) is 0 Å². The van der Waals surface area contributed by atoms with E-state index < -0.39 is 5.54 Å². The van der Waals surface area contributed by atoms with Crippen LogP contribution in [0.25, 0.3) is 0 Å². The molecule has 0 radical (unpaired) electrons. The molecule has 3 nitrogen and oxygen atoms in total. The maximum atomic E-state index is 12.8. The molecule has 98 valence electrons. The summed E-state index contributed by atoms with van der Waals surface area (Å²) in [5.41, 5.74) is 5.81. The Bertz CT molecular complexity index is 436. The van der Waals surface area contributed by atoms with Crippen LogP contribution in [0, 0.1) is 5.82 Å². The van der Waals surface area contributed by atoms with E-state index in [0.717, 1.165) is 18.4 Å². The Morgan fingerprint density at radius 1 is 1.33 bits per heavy atom. The van der Waals surface area contributed by atoms with Crippen molar-refractivity contribution < 1.29 is 9.18 Å². The third-order valence-electron chi connectivity index (χ3n) is 3.66. The number of amides is 1. The molecule has 0 bridgehead atoms. The van der Waals surface area contributed by atoms with Gasteiger partial charge in [0.05, 0.1) is 5.54 Å². The van der Waals surface area contributed by atoms with Crippen LogP contribution >= 0.6 is 0 Å². The van der Waals surface area contributed by atoms with Crippen molar-refractivity contribution in [3.8, 4) is 0 Å². The average molecular weight is 250 g/mol. The third-order valence-corrected chi connectivity index (χ3v) is 3.66. The van der Waals surface area contributed by atoms with Crippen molar-refractivity contribution >= 4 is 5.91 Å². The highest BCUT2D eigenvalue weighted by molar-refractivity contribution is 5.83. The number of carbonyl (C=O) groups excluding carboxylic acids is 1. The number of benzene rings is 1. The van der Waals surface area contributed by atoms with Crippen LogP contribution in [-0.4, -0.2) is 17.5 Å². The van der Waals surface area contributed by atoms with Gasteiger partial charge in [-0.15, -0.1) is 0 Å². The van der Waals surface area contributed by atoms with E-state index in [-0.39, 0.29) is 11.7 Å². The van der Waals surface area contributed by atoms with E-state index in [1.165, 1.54) is 12.1 Å². The molecule has 3 N–H and O–H groups in total. The number of hydrogen-bond donors (Lipinski definition) is 2. The second-order valence-corrected chi connectivity index (χ2v) is 5.55. The first-order valence-electron chi connectivity index (χ1n) is 6.21. The van der Waals surface area contributed by atoms with Gasteiger partial charge in [-0.1, -0.05) is 12.1 Å². The minimum atomic E-state index is -0.668. The van der Waals surface area contributed by atoms with Crippen LogP contribution in [-0.2, 0) is 4.79 Å². The van der Waals surface area contributed by atoms with Crippen LogP contribution in [0.3, 0.4) is 0 Å². The minimum absolute atomic E-state index is 0.206. The predicted molar refractivity (Wildman–Crippen MR) is 68.6 cm³/mol. The Kier molecular flexibility index (Phi) is 3.39. The second kappa shape index (κ2) is 4.69. The van der Waals surface area contributed by atoms with Gasteiger partial charge in [-0.25, -0.2) is 4.39 Å². The van der Waals surface area contributed by atoms with Gasteiger partial charge in [0, 0.05) is 6.04 Å². The zero-order valence-corrected chi connectivity index (χ0v) is 10.7. The van der Waals surface area contributed by atoms with E-state index in [1.807, 2.05) is 12.1 Å². The van der Waals surface area contributed by atoms with Crippen LogP contribution in [0.5, 0.6) is 0 Å². The van der Waals surface area contributed by atoms with Gasteiger partial charge < -0.3 is 11.1 Å². The quantitative estimate of drug-likeness (QED) is 0.858. The number of hydrogen-bond acceptors (Lipinski definition) is 2. The summed E-state index contributed by atoms with van der Waals surface area (Å²) in [6.45, 7) is 3.58. The van der Waals surface area contributed by atoms with Crippen molar-refractivity contribution in [2.24, 2.45) is 5.73 Å². The average Bonchev–Trinajstić information content (AvgIpc) is 2.24. The van der Waals surface area contributed by atoms with Crippen LogP contribution in [0.15, 0.2) is 24.3 Å². The second-order valence-electron chi connectivity index (χ2n) is 5.55. The lowest BCUT2D eigenvalue weighted by Crippen LogP contribution is -2.57. The van der Waals surface area contributed by atoms with Crippen LogP contribution in [0.1, 0.15) is 38.2 Å². The van der Waals surface area contributed by atoms with E-state index >= 15 is 0 Å². The maximum Gasteiger partial charge on any atom is 0.237 e. The van der Waals surface area contributed by atoms with Crippen molar-refractivity contribution in [1.29, 1.82) is 0 Å². The Morgan fingerprint density at radius 3 is 2.39 bits per heavy atom. The van der Waals surface area contributed by atoms with Crippen LogP contribution < -0.4 is 11.1 Å². The van der Waals surface area contributed by atoms with Crippen molar-refractivity contribution in [3.63, 3.8) is 0 Å². The molecule has 0 aromatic heterocycles. The smallest absolute Gasteiger partial charge is 0.237 e. The summed E-state index contributed by atoms with van der Waals surface area (Å²) in [6, 6.07) is 6.94. The lowest BCUT2D eigenvalue weighted by atomic mass is 9.75. The number of nitrogens with one attached hydrogen (secondary N) is 1. The molecule has 1 fully saturated rings. The molecule has 0 unspecified atom stereocenters. The van der Waals surface area contributed by atoms with E-state index in [1.54, 1.807) is 13.8 Å². The first-order valence-corrected chi connectivity index (χ1v) is 6.21. The molecule has 1 amide bonds. The molecule has 18 heavy (non-hydrogen) atoms. The fraction of sp³-hybridized carbons (Fsp3) is 0.500. The number of halogens is 1. The van der Waals surface area contributed by atoms with Crippen molar-refractivity contribution in [2.45, 2.75) is 44.2 Å². The minimum Gasteiger partial charge on any atom is -0.368 e. The standard InChI is InChI=1S/C14H19FN2O/c1-14(2,13(16)18)17-12-7-10(8-12)9-3-5-11(15)6-4-9/h3-6,10,12,17H,7-8H2,1-2H3,(H2,16,18). The summed E-state index contributed by atoms with van der Waals surface area (Å²) in [5.74, 6) is -0.0953. The largest absolute Gasteiger partial charge is 0.368 e. The Balaban J connectivity index is 1.87. The van der Waals surface area contributed by atoms with Crippen molar-refractivity contribution in [3.05, 3.63) is 35.6 Å². The highest BCUT2D eigenvalue weighted by atomic mass is 19.1. The van der Waals surface area contributed by atoms with Gasteiger partial charge in [0.1, 0.15) is 5.82 Å². The summed E-state index contributed by atoms with van der Waals surface area (Å²) < 4.78 is 12.8. The van der Waals surface area contributed by atoms with Gasteiger partial charge >= 0.3 is 0 Å². The molecule has 0 heterocycles. The SMILES string of the molecule is CC(C)(NC1CC(c2ccc(F)cc2)C1)C(N)=O. The Labute approximate surface area is 107 Å². The lowest BCUT2D eigenvalue weighted by molar-refractivity contribution is -0.123. The molecular formula is C14H19FN2O. The van der Waals surface area contributed by atoms with Gasteiger partial charge in [0.25, 0.3) is 0 Å². The zero-order chi connectivity index (χ0) is 13.3. The zero-order valence-electron chi connectivity index (χ0n) is 10.7. The van der Waals surface area contributed by atoms with Crippen molar-refractivity contribution in [1.82, 2.24) is 5.32 Å². The molecule has 0 spiro atoms. The van der Waals surface area contributed by atoms with E-state index in [2.05, 4.69) is 5.32 Å². The summed E-state index contributed by atoms with van der Waals surface area (Å²) in [5, 5.41) is 3.25. The molecule has 4 heteroatoms. The molecule has 1 aromatic rings.